The Labute approximate surface area is 114 Å². The van der Waals surface area contributed by atoms with E-state index in [0.717, 1.165) is 17.8 Å². The fourth-order valence-electron chi connectivity index (χ4n) is 1.94. The topological polar surface area (TPSA) is 76.0 Å². The number of hydrogen-bond donors (Lipinski definition) is 2. The van der Waals surface area contributed by atoms with E-state index >= 15 is 0 Å². The number of sulfonamides is 1. The molecule has 0 bridgehead atoms. The Morgan fingerprint density at radius 2 is 2.21 bits per heavy atom. The molecule has 1 aromatic rings. The summed E-state index contributed by atoms with van der Waals surface area (Å²) in [5.41, 5.74) is 1.78. The number of hydrogen-bond acceptors (Lipinski definition) is 4. The van der Waals surface area contributed by atoms with Gasteiger partial charge in [-0.05, 0) is 32.7 Å². The largest absolute Gasteiger partial charge is 0.314 e. The number of nitrogens with one attached hydrogen (secondary N) is 2. The van der Waals surface area contributed by atoms with E-state index in [1.54, 1.807) is 4.68 Å². The summed E-state index contributed by atoms with van der Waals surface area (Å²) in [6, 6.07) is 0.633. The molecule has 0 amide bonds. The van der Waals surface area contributed by atoms with Gasteiger partial charge in [0.05, 0.1) is 11.4 Å². The lowest BCUT2D eigenvalue weighted by Crippen LogP contribution is -2.28. The van der Waals surface area contributed by atoms with Crippen molar-refractivity contribution >= 4 is 10.0 Å². The van der Waals surface area contributed by atoms with Crippen LogP contribution < -0.4 is 10.0 Å². The first-order valence-electron chi connectivity index (χ1n) is 6.66. The summed E-state index contributed by atoms with van der Waals surface area (Å²) in [6.07, 6.45) is 4.95. The van der Waals surface area contributed by atoms with Crippen molar-refractivity contribution in [1.82, 2.24) is 19.8 Å². The molecular weight excluding hydrogens is 264 g/mol. The van der Waals surface area contributed by atoms with Crippen LogP contribution in [0.25, 0.3) is 0 Å². The molecule has 6 nitrogen and oxygen atoms in total. The highest BCUT2D eigenvalue weighted by molar-refractivity contribution is 7.89. The Morgan fingerprint density at radius 1 is 1.47 bits per heavy atom. The van der Waals surface area contributed by atoms with Crippen molar-refractivity contribution in [2.45, 2.75) is 38.8 Å². The summed E-state index contributed by atoms with van der Waals surface area (Å²) in [5, 5.41) is 7.50. The molecular formula is C12H22N4O2S. The summed E-state index contributed by atoms with van der Waals surface area (Å²) in [5.74, 6) is 0.173. The van der Waals surface area contributed by atoms with E-state index in [2.05, 4.69) is 15.1 Å². The average molecular weight is 286 g/mol. The first-order chi connectivity index (χ1) is 8.96. The lowest BCUT2D eigenvalue weighted by atomic mass is 10.3. The molecule has 0 unspecified atom stereocenters. The van der Waals surface area contributed by atoms with Crippen molar-refractivity contribution in [3.8, 4) is 0 Å². The van der Waals surface area contributed by atoms with Gasteiger partial charge in [-0.2, -0.15) is 5.10 Å². The van der Waals surface area contributed by atoms with E-state index in [1.807, 2.05) is 20.2 Å². The number of nitrogens with zero attached hydrogens (tertiary/aromatic N) is 2. The predicted molar refractivity (Wildman–Crippen MR) is 74.2 cm³/mol. The first-order valence-corrected chi connectivity index (χ1v) is 8.31. The molecule has 0 radical (unpaired) electrons. The number of rotatable bonds is 8. The van der Waals surface area contributed by atoms with Gasteiger partial charge in [-0.3, -0.25) is 4.68 Å². The smallest absolute Gasteiger partial charge is 0.211 e. The third-order valence-corrected chi connectivity index (χ3v) is 4.61. The summed E-state index contributed by atoms with van der Waals surface area (Å²) < 4.78 is 27.9. The third-order valence-electron chi connectivity index (χ3n) is 3.20. The van der Waals surface area contributed by atoms with E-state index in [4.69, 9.17) is 0 Å². The maximum Gasteiger partial charge on any atom is 0.211 e. The second-order valence-corrected chi connectivity index (χ2v) is 7.06. The van der Waals surface area contributed by atoms with Crippen molar-refractivity contribution in [1.29, 1.82) is 0 Å². The second kappa shape index (κ2) is 6.02. The van der Waals surface area contributed by atoms with Gasteiger partial charge in [0, 0.05) is 31.4 Å². The normalized spacial score (nSPS) is 15.9. The molecule has 0 aromatic carbocycles. The van der Waals surface area contributed by atoms with Crippen LogP contribution in [0.2, 0.25) is 0 Å². The summed E-state index contributed by atoms with van der Waals surface area (Å²) >= 11 is 0. The number of aryl methyl sites for hydroxylation is 2. The van der Waals surface area contributed by atoms with E-state index in [9.17, 15) is 8.42 Å². The zero-order valence-electron chi connectivity index (χ0n) is 11.5. The minimum absolute atomic E-state index is 0.173. The quantitative estimate of drug-likeness (QED) is 0.674. The third kappa shape index (κ3) is 4.93. The number of aromatic nitrogens is 2. The Kier molecular flexibility index (Phi) is 4.59. The molecule has 1 fully saturated rings. The van der Waals surface area contributed by atoms with Gasteiger partial charge in [0.1, 0.15) is 0 Å². The highest BCUT2D eigenvalue weighted by atomic mass is 32.2. The molecule has 1 heterocycles. The van der Waals surface area contributed by atoms with Crippen LogP contribution >= 0.6 is 0 Å². The van der Waals surface area contributed by atoms with Crippen molar-refractivity contribution in [3.05, 3.63) is 17.5 Å². The van der Waals surface area contributed by atoms with Crippen LogP contribution in [0, 0.1) is 6.92 Å². The Hall–Kier alpha value is -0.920. The lowest BCUT2D eigenvalue weighted by Gasteiger charge is -2.06. The van der Waals surface area contributed by atoms with Gasteiger partial charge in [0.25, 0.3) is 0 Å². The van der Waals surface area contributed by atoms with Crippen LogP contribution in [0.4, 0.5) is 0 Å². The van der Waals surface area contributed by atoms with Gasteiger partial charge in [0.15, 0.2) is 0 Å². The molecule has 0 atom stereocenters. The fraction of sp³-hybridized carbons (Fsp3) is 0.750. The molecule has 0 saturated heterocycles. The van der Waals surface area contributed by atoms with E-state index in [1.165, 1.54) is 12.8 Å². The van der Waals surface area contributed by atoms with Crippen molar-refractivity contribution in [2.75, 3.05) is 12.3 Å². The van der Waals surface area contributed by atoms with Crippen LogP contribution in [-0.2, 0) is 23.6 Å². The molecule has 19 heavy (non-hydrogen) atoms. The van der Waals surface area contributed by atoms with Crippen LogP contribution in [-0.4, -0.2) is 36.5 Å². The van der Waals surface area contributed by atoms with Gasteiger partial charge in [0.2, 0.25) is 10.0 Å². The van der Waals surface area contributed by atoms with Crippen molar-refractivity contribution in [3.63, 3.8) is 0 Å². The summed E-state index contributed by atoms with van der Waals surface area (Å²) in [6.45, 7) is 2.97. The van der Waals surface area contributed by atoms with Crippen LogP contribution in [0.15, 0.2) is 6.20 Å². The fourth-order valence-corrected chi connectivity index (χ4v) is 2.98. The van der Waals surface area contributed by atoms with E-state index in [-0.39, 0.29) is 5.75 Å². The van der Waals surface area contributed by atoms with Crippen LogP contribution in [0.5, 0.6) is 0 Å². The molecule has 0 spiro atoms. The highest BCUT2D eigenvalue weighted by Crippen LogP contribution is 2.18. The summed E-state index contributed by atoms with van der Waals surface area (Å²) in [4.78, 5) is 0. The molecule has 108 valence electrons. The molecule has 7 heteroatoms. The summed E-state index contributed by atoms with van der Waals surface area (Å²) in [7, 11) is -1.36. The molecule has 1 aromatic heterocycles. The maximum atomic E-state index is 11.8. The Balaban J connectivity index is 1.71. The maximum absolute atomic E-state index is 11.8. The minimum Gasteiger partial charge on any atom is -0.314 e. The zero-order chi connectivity index (χ0) is 13.9. The van der Waals surface area contributed by atoms with Crippen molar-refractivity contribution < 1.29 is 8.42 Å². The standard InChI is InChI=1S/C12H22N4O2S/c1-10-11(9-16(2)15-10)8-14-19(17,18)7-3-6-13-12-4-5-12/h9,12-14H,3-8H2,1-2H3. The molecule has 1 aliphatic rings. The van der Waals surface area contributed by atoms with E-state index < -0.39 is 10.0 Å². The van der Waals surface area contributed by atoms with Gasteiger partial charge in [-0.25, -0.2) is 13.1 Å². The molecule has 2 rings (SSSR count). The predicted octanol–water partition coefficient (Wildman–Crippen LogP) is 0.290. The van der Waals surface area contributed by atoms with Gasteiger partial charge >= 0.3 is 0 Å². The minimum atomic E-state index is -3.19. The zero-order valence-corrected chi connectivity index (χ0v) is 12.3. The molecule has 0 aliphatic heterocycles. The molecule has 1 saturated carbocycles. The molecule has 2 N–H and O–H groups in total. The highest BCUT2D eigenvalue weighted by Gasteiger charge is 2.20. The van der Waals surface area contributed by atoms with Gasteiger partial charge in [-0.15, -0.1) is 0 Å². The van der Waals surface area contributed by atoms with Crippen LogP contribution in [0.1, 0.15) is 30.5 Å². The first kappa shape index (κ1) is 14.5. The van der Waals surface area contributed by atoms with Crippen LogP contribution in [0.3, 0.4) is 0 Å². The van der Waals surface area contributed by atoms with E-state index in [0.29, 0.717) is 19.0 Å². The Bertz CT molecular complexity index is 520. The van der Waals surface area contributed by atoms with Gasteiger partial charge < -0.3 is 5.32 Å². The van der Waals surface area contributed by atoms with Crippen molar-refractivity contribution in [2.24, 2.45) is 7.05 Å². The SMILES string of the molecule is Cc1nn(C)cc1CNS(=O)(=O)CCCNC1CC1. The van der Waals surface area contributed by atoms with Gasteiger partial charge in [-0.1, -0.05) is 0 Å². The lowest BCUT2D eigenvalue weighted by molar-refractivity contribution is 0.574. The second-order valence-electron chi connectivity index (χ2n) is 5.14. The Morgan fingerprint density at radius 3 is 2.79 bits per heavy atom. The average Bonchev–Trinajstić information content (AvgIpc) is 3.08. The molecule has 1 aliphatic carbocycles. The monoisotopic (exact) mass is 286 g/mol.